The molecule has 0 bridgehead atoms. The lowest BCUT2D eigenvalue weighted by Gasteiger charge is -2.22. The predicted molar refractivity (Wildman–Crippen MR) is 99.9 cm³/mol. The van der Waals surface area contributed by atoms with Crippen LogP contribution in [0.3, 0.4) is 0 Å². The summed E-state index contributed by atoms with van der Waals surface area (Å²) in [4.78, 5) is 37.1. The number of nitrogens with zero attached hydrogens (tertiary/aromatic N) is 1. The van der Waals surface area contributed by atoms with Gasteiger partial charge in [0, 0.05) is 17.5 Å². The van der Waals surface area contributed by atoms with Crippen molar-refractivity contribution >= 4 is 23.2 Å². The molecule has 27 heavy (non-hydrogen) atoms. The number of carbonyl (C=O) groups is 3. The standard InChI is InChI=1S/C21H21NO5/c1-14(23)13-21(26)18-5-3-4-6-19(18)22(20(21)25)11-12-27-17-9-7-16(8-10-17)15(2)24/h3-10,26H,11-13H2,1-2H3. The van der Waals surface area contributed by atoms with Crippen molar-refractivity contribution in [2.75, 3.05) is 18.1 Å². The average molecular weight is 367 g/mol. The zero-order chi connectivity index (χ0) is 19.6. The van der Waals surface area contributed by atoms with Crippen molar-refractivity contribution in [1.82, 2.24) is 0 Å². The molecular weight excluding hydrogens is 346 g/mol. The monoisotopic (exact) mass is 367 g/mol. The molecule has 1 aliphatic heterocycles. The first kappa shape index (κ1) is 18.8. The number of ether oxygens (including phenoxy) is 1. The van der Waals surface area contributed by atoms with Crippen LogP contribution < -0.4 is 9.64 Å². The first-order valence-electron chi connectivity index (χ1n) is 8.70. The number of hydrogen-bond donors (Lipinski definition) is 1. The van der Waals surface area contributed by atoms with Crippen LogP contribution in [0.5, 0.6) is 5.75 Å². The van der Waals surface area contributed by atoms with Gasteiger partial charge in [-0.3, -0.25) is 14.4 Å². The lowest BCUT2D eigenvalue weighted by molar-refractivity contribution is -0.141. The van der Waals surface area contributed by atoms with Gasteiger partial charge in [0.25, 0.3) is 5.91 Å². The Balaban J connectivity index is 1.72. The Labute approximate surface area is 157 Å². The van der Waals surface area contributed by atoms with Crippen molar-refractivity contribution < 1.29 is 24.2 Å². The van der Waals surface area contributed by atoms with Crippen LogP contribution in [-0.4, -0.2) is 35.7 Å². The molecule has 0 saturated carbocycles. The highest BCUT2D eigenvalue weighted by Gasteiger charge is 2.50. The Morgan fingerprint density at radius 3 is 2.37 bits per heavy atom. The number of para-hydroxylation sites is 1. The molecule has 3 rings (SSSR count). The molecule has 6 nitrogen and oxygen atoms in total. The van der Waals surface area contributed by atoms with E-state index in [0.717, 1.165) is 0 Å². The maximum atomic E-state index is 12.8. The number of anilines is 1. The second-order valence-corrected chi connectivity index (χ2v) is 6.64. The first-order valence-corrected chi connectivity index (χ1v) is 8.70. The molecule has 0 aromatic heterocycles. The van der Waals surface area contributed by atoms with E-state index in [1.807, 2.05) is 0 Å². The van der Waals surface area contributed by atoms with Gasteiger partial charge in [-0.25, -0.2) is 0 Å². The molecule has 2 aromatic rings. The van der Waals surface area contributed by atoms with E-state index < -0.39 is 11.5 Å². The van der Waals surface area contributed by atoms with Crippen molar-refractivity contribution in [2.45, 2.75) is 25.9 Å². The molecule has 0 radical (unpaired) electrons. The number of hydrogen-bond acceptors (Lipinski definition) is 5. The van der Waals surface area contributed by atoms with Crippen LogP contribution in [0.25, 0.3) is 0 Å². The third kappa shape index (κ3) is 3.61. The molecule has 0 spiro atoms. The molecule has 2 aromatic carbocycles. The fourth-order valence-corrected chi connectivity index (χ4v) is 3.30. The minimum absolute atomic E-state index is 0.0226. The van der Waals surface area contributed by atoms with Crippen LogP contribution in [0.2, 0.25) is 0 Å². The van der Waals surface area contributed by atoms with E-state index in [1.165, 1.54) is 18.7 Å². The summed E-state index contributed by atoms with van der Waals surface area (Å²) in [6, 6.07) is 13.7. The summed E-state index contributed by atoms with van der Waals surface area (Å²) in [5.41, 5.74) is -0.205. The lowest BCUT2D eigenvalue weighted by atomic mass is 9.90. The van der Waals surface area contributed by atoms with E-state index in [0.29, 0.717) is 22.6 Å². The van der Waals surface area contributed by atoms with Crippen molar-refractivity contribution in [3.05, 3.63) is 59.7 Å². The van der Waals surface area contributed by atoms with Crippen LogP contribution in [-0.2, 0) is 15.2 Å². The molecule has 0 aliphatic carbocycles. The quantitative estimate of drug-likeness (QED) is 0.760. The molecular formula is C21H21NO5. The number of benzene rings is 2. The Morgan fingerprint density at radius 1 is 1.07 bits per heavy atom. The molecule has 1 aliphatic rings. The summed E-state index contributed by atoms with van der Waals surface area (Å²) < 4.78 is 5.66. The zero-order valence-corrected chi connectivity index (χ0v) is 15.3. The van der Waals surface area contributed by atoms with Gasteiger partial charge in [-0.2, -0.15) is 0 Å². The molecule has 1 N–H and O–H groups in total. The molecule has 6 heteroatoms. The maximum absolute atomic E-state index is 12.8. The second-order valence-electron chi connectivity index (χ2n) is 6.64. The highest BCUT2D eigenvalue weighted by Crippen LogP contribution is 2.42. The van der Waals surface area contributed by atoms with Gasteiger partial charge in [0.1, 0.15) is 18.1 Å². The lowest BCUT2D eigenvalue weighted by Crippen LogP contribution is -2.43. The summed E-state index contributed by atoms with van der Waals surface area (Å²) in [6.45, 7) is 3.28. The highest BCUT2D eigenvalue weighted by atomic mass is 16.5. The molecule has 1 unspecified atom stereocenters. The van der Waals surface area contributed by atoms with E-state index in [1.54, 1.807) is 48.5 Å². The summed E-state index contributed by atoms with van der Waals surface area (Å²) in [7, 11) is 0. The van der Waals surface area contributed by atoms with Crippen molar-refractivity contribution in [2.24, 2.45) is 0 Å². The van der Waals surface area contributed by atoms with Crippen LogP contribution >= 0.6 is 0 Å². The van der Waals surface area contributed by atoms with Crippen molar-refractivity contribution in [3.63, 3.8) is 0 Å². The number of amides is 1. The molecule has 140 valence electrons. The molecule has 0 saturated heterocycles. The first-order chi connectivity index (χ1) is 12.8. The molecule has 0 fully saturated rings. The fraction of sp³-hybridized carbons (Fsp3) is 0.286. The van der Waals surface area contributed by atoms with Crippen LogP contribution in [0.15, 0.2) is 48.5 Å². The Hall–Kier alpha value is -2.99. The van der Waals surface area contributed by atoms with E-state index >= 15 is 0 Å². The van der Waals surface area contributed by atoms with Gasteiger partial charge in [-0.15, -0.1) is 0 Å². The second kappa shape index (κ2) is 7.32. The number of carbonyl (C=O) groups excluding carboxylic acids is 3. The number of aliphatic hydroxyl groups is 1. The van der Waals surface area contributed by atoms with Crippen molar-refractivity contribution in [3.8, 4) is 5.75 Å². The molecule has 1 amide bonds. The van der Waals surface area contributed by atoms with Crippen LogP contribution in [0, 0.1) is 0 Å². The minimum atomic E-state index is -1.83. The van der Waals surface area contributed by atoms with Gasteiger partial charge in [0.15, 0.2) is 11.4 Å². The number of ketones is 2. The van der Waals surface area contributed by atoms with E-state index in [9.17, 15) is 19.5 Å². The summed E-state index contributed by atoms with van der Waals surface area (Å²) >= 11 is 0. The Bertz CT molecular complexity index is 890. The number of Topliss-reactive ketones (excluding diaryl/α,β-unsaturated/α-hetero) is 2. The third-order valence-corrected chi connectivity index (χ3v) is 4.59. The Kier molecular flexibility index (Phi) is 5.10. The predicted octanol–water partition coefficient (Wildman–Crippen LogP) is 2.48. The largest absolute Gasteiger partial charge is 0.492 e. The van der Waals surface area contributed by atoms with E-state index in [2.05, 4.69) is 0 Å². The van der Waals surface area contributed by atoms with Crippen LogP contribution in [0.4, 0.5) is 5.69 Å². The van der Waals surface area contributed by atoms with Gasteiger partial charge in [-0.1, -0.05) is 18.2 Å². The summed E-state index contributed by atoms with van der Waals surface area (Å²) in [5.74, 6) is -0.219. The van der Waals surface area contributed by atoms with Gasteiger partial charge in [0.2, 0.25) is 0 Å². The topological polar surface area (TPSA) is 83.9 Å². The molecule has 1 atom stereocenters. The van der Waals surface area contributed by atoms with Gasteiger partial charge in [-0.05, 0) is 44.2 Å². The molecule has 1 heterocycles. The van der Waals surface area contributed by atoms with E-state index in [4.69, 9.17) is 4.74 Å². The van der Waals surface area contributed by atoms with E-state index in [-0.39, 0.29) is 31.1 Å². The number of rotatable bonds is 7. The smallest absolute Gasteiger partial charge is 0.264 e. The average Bonchev–Trinajstić information content (AvgIpc) is 2.83. The summed E-state index contributed by atoms with van der Waals surface area (Å²) in [6.07, 6.45) is -0.257. The maximum Gasteiger partial charge on any atom is 0.264 e. The zero-order valence-electron chi connectivity index (χ0n) is 15.3. The van der Waals surface area contributed by atoms with Gasteiger partial charge >= 0.3 is 0 Å². The number of fused-ring (bicyclic) bond motifs is 1. The van der Waals surface area contributed by atoms with Crippen LogP contribution in [0.1, 0.15) is 36.2 Å². The van der Waals surface area contributed by atoms with Crippen molar-refractivity contribution in [1.29, 1.82) is 0 Å². The highest BCUT2D eigenvalue weighted by molar-refractivity contribution is 6.08. The van der Waals surface area contributed by atoms with Gasteiger partial charge in [0.05, 0.1) is 12.2 Å². The normalized spacial score (nSPS) is 18.3. The fourth-order valence-electron chi connectivity index (χ4n) is 3.30. The third-order valence-electron chi connectivity index (χ3n) is 4.59. The minimum Gasteiger partial charge on any atom is -0.492 e. The summed E-state index contributed by atoms with van der Waals surface area (Å²) in [5, 5.41) is 10.9. The Morgan fingerprint density at radius 2 is 1.74 bits per heavy atom. The van der Waals surface area contributed by atoms with Gasteiger partial charge < -0.3 is 14.7 Å². The SMILES string of the molecule is CC(=O)CC1(O)C(=O)N(CCOc2ccc(C(C)=O)cc2)c2ccccc21.